The van der Waals surface area contributed by atoms with Crippen LogP contribution in [0.1, 0.15) is 18.4 Å². The molecule has 28 heavy (non-hydrogen) atoms. The Bertz CT molecular complexity index is 938. The fourth-order valence-corrected chi connectivity index (χ4v) is 4.53. The summed E-state index contributed by atoms with van der Waals surface area (Å²) in [6.45, 7) is 1.53. The van der Waals surface area contributed by atoms with Gasteiger partial charge in [0.15, 0.2) is 5.01 Å². The van der Waals surface area contributed by atoms with E-state index in [0.717, 1.165) is 37.9 Å². The molecule has 1 N–H and O–H groups in total. The third kappa shape index (κ3) is 4.51. The van der Waals surface area contributed by atoms with Crippen molar-refractivity contribution in [2.45, 2.75) is 19.3 Å². The highest BCUT2D eigenvalue weighted by Gasteiger charge is 2.24. The van der Waals surface area contributed by atoms with Crippen molar-refractivity contribution >= 4 is 34.1 Å². The van der Waals surface area contributed by atoms with Gasteiger partial charge in [-0.25, -0.2) is 4.79 Å². The molecule has 1 aliphatic heterocycles. The van der Waals surface area contributed by atoms with E-state index in [4.69, 9.17) is 11.6 Å². The number of hydrogen-bond donors (Lipinski definition) is 1. The molecule has 0 radical (unpaired) electrons. The number of nitrogens with zero attached hydrogens (tertiary/aromatic N) is 3. The van der Waals surface area contributed by atoms with Crippen LogP contribution in [0.15, 0.2) is 54.6 Å². The third-order valence-electron chi connectivity index (χ3n) is 5.01. The summed E-state index contributed by atoms with van der Waals surface area (Å²) in [5.74, 6) is 0.625. The summed E-state index contributed by atoms with van der Waals surface area (Å²) >= 11 is 7.54. The lowest BCUT2D eigenvalue weighted by Crippen LogP contribution is -2.41. The van der Waals surface area contributed by atoms with Gasteiger partial charge in [-0.3, -0.25) is 5.32 Å². The first-order valence-electron chi connectivity index (χ1n) is 9.37. The smallest absolute Gasteiger partial charge is 0.323 e. The van der Waals surface area contributed by atoms with E-state index in [1.807, 2.05) is 35.2 Å². The average molecular weight is 413 g/mol. The molecular formula is C21H21ClN4OS. The van der Waals surface area contributed by atoms with Gasteiger partial charge in [0.2, 0.25) is 5.13 Å². The van der Waals surface area contributed by atoms with Crippen LogP contribution in [0.3, 0.4) is 0 Å². The van der Waals surface area contributed by atoms with Gasteiger partial charge in [-0.1, -0.05) is 71.5 Å². The molecule has 2 amide bonds. The summed E-state index contributed by atoms with van der Waals surface area (Å²) in [4.78, 5) is 14.4. The average Bonchev–Trinajstić information content (AvgIpc) is 3.18. The van der Waals surface area contributed by atoms with Gasteiger partial charge in [0.25, 0.3) is 0 Å². The molecular weight excluding hydrogens is 392 g/mol. The lowest BCUT2D eigenvalue weighted by Gasteiger charge is -2.31. The number of amides is 2. The van der Waals surface area contributed by atoms with E-state index in [0.29, 0.717) is 21.1 Å². The Balaban J connectivity index is 1.31. The summed E-state index contributed by atoms with van der Waals surface area (Å²) in [6.07, 6.45) is 3.11. The Labute approximate surface area is 173 Å². The van der Waals surface area contributed by atoms with Crippen LogP contribution in [-0.4, -0.2) is 34.2 Å². The molecule has 2 heterocycles. The molecule has 1 aromatic heterocycles. The molecule has 3 aromatic rings. The van der Waals surface area contributed by atoms with Crippen molar-refractivity contribution in [3.05, 3.63) is 65.2 Å². The van der Waals surface area contributed by atoms with E-state index in [1.54, 1.807) is 0 Å². The molecule has 1 fully saturated rings. The quantitative estimate of drug-likeness (QED) is 0.628. The summed E-state index contributed by atoms with van der Waals surface area (Å²) in [6, 6.07) is 17.9. The lowest BCUT2D eigenvalue weighted by molar-refractivity contribution is 0.182. The zero-order valence-corrected chi connectivity index (χ0v) is 16.9. The van der Waals surface area contributed by atoms with Crippen LogP contribution in [0.4, 0.5) is 9.93 Å². The van der Waals surface area contributed by atoms with Crippen molar-refractivity contribution in [3.63, 3.8) is 0 Å². The Morgan fingerprint density at radius 2 is 1.79 bits per heavy atom. The Morgan fingerprint density at radius 3 is 2.54 bits per heavy atom. The van der Waals surface area contributed by atoms with E-state index in [1.165, 1.54) is 16.9 Å². The lowest BCUT2D eigenvalue weighted by atomic mass is 9.90. The van der Waals surface area contributed by atoms with Crippen molar-refractivity contribution < 1.29 is 4.79 Å². The zero-order valence-electron chi connectivity index (χ0n) is 15.3. The molecule has 0 bridgehead atoms. The second kappa shape index (κ2) is 8.71. The number of urea groups is 1. The van der Waals surface area contributed by atoms with Crippen LogP contribution < -0.4 is 5.32 Å². The maximum Gasteiger partial charge on any atom is 0.323 e. The molecule has 0 aliphatic carbocycles. The van der Waals surface area contributed by atoms with E-state index in [9.17, 15) is 4.79 Å². The van der Waals surface area contributed by atoms with E-state index < -0.39 is 0 Å². The highest BCUT2D eigenvalue weighted by molar-refractivity contribution is 7.18. The molecule has 4 rings (SSSR count). The monoisotopic (exact) mass is 412 g/mol. The van der Waals surface area contributed by atoms with Gasteiger partial charge in [0.05, 0.1) is 5.02 Å². The zero-order chi connectivity index (χ0) is 19.3. The Kier molecular flexibility index (Phi) is 5.88. The van der Waals surface area contributed by atoms with Crippen molar-refractivity contribution in [2.75, 3.05) is 18.4 Å². The Hall–Kier alpha value is -2.44. The SMILES string of the molecule is O=C(Nc1nnc(-c2ccccc2Cl)s1)N1CCC(Cc2ccccc2)CC1. The summed E-state index contributed by atoms with van der Waals surface area (Å²) in [5, 5.41) is 12.9. The molecule has 1 saturated heterocycles. The number of piperidine rings is 1. The first kappa shape index (κ1) is 18.9. The summed E-state index contributed by atoms with van der Waals surface area (Å²) < 4.78 is 0. The molecule has 5 nitrogen and oxygen atoms in total. The van der Waals surface area contributed by atoms with Gasteiger partial charge in [-0.2, -0.15) is 0 Å². The van der Waals surface area contributed by atoms with Gasteiger partial charge in [0.1, 0.15) is 0 Å². The first-order chi connectivity index (χ1) is 13.7. The molecule has 1 aliphatic rings. The standard InChI is InChI=1S/C21H21ClN4OS/c22-18-9-5-4-8-17(18)19-24-25-20(28-19)23-21(27)26-12-10-16(11-13-26)14-15-6-2-1-3-7-15/h1-9,16H,10-14H2,(H,23,25,27). The largest absolute Gasteiger partial charge is 0.324 e. The third-order valence-corrected chi connectivity index (χ3v) is 6.21. The number of nitrogens with one attached hydrogen (secondary N) is 1. The number of hydrogen-bond acceptors (Lipinski definition) is 4. The van der Waals surface area contributed by atoms with Gasteiger partial charge >= 0.3 is 6.03 Å². The number of anilines is 1. The number of aromatic nitrogens is 2. The maximum atomic E-state index is 12.6. The number of halogens is 1. The number of carbonyl (C=O) groups excluding carboxylic acids is 1. The van der Waals surface area contributed by atoms with Gasteiger partial charge in [0, 0.05) is 18.7 Å². The fraction of sp³-hybridized carbons (Fsp3) is 0.286. The van der Waals surface area contributed by atoms with Gasteiger partial charge in [-0.15, -0.1) is 10.2 Å². The minimum atomic E-state index is -0.111. The molecule has 0 unspecified atom stereocenters. The first-order valence-corrected chi connectivity index (χ1v) is 10.6. The van der Waals surface area contributed by atoms with E-state index in [2.05, 4.69) is 39.8 Å². The molecule has 144 valence electrons. The van der Waals surface area contributed by atoms with Crippen molar-refractivity contribution in [3.8, 4) is 10.6 Å². The highest BCUT2D eigenvalue weighted by atomic mass is 35.5. The van der Waals surface area contributed by atoms with Crippen LogP contribution in [0.25, 0.3) is 10.6 Å². The van der Waals surface area contributed by atoms with E-state index >= 15 is 0 Å². The number of rotatable bonds is 4. The normalized spacial score (nSPS) is 14.8. The van der Waals surface area contributed by atoms with Crippen LogP contribution in [-0.2, 0) is 6.42 Å². The van der Waals surface area contributed by atoms with Gasteiger partial charge in [-0.05, 0) is 36.8 Å². The predicted molar refractivity (Wildman–Crippen MR) is 114 cm³/mol. The minimum Gasteiger partial charge on any atom is -0.324 e. The molecule has 0 atom stereocenters. The van der Waals surface area contributed by atoms with Crippen molar-refractivity contribution in [1.29, 1.82) is 0 Å². The number of likely N-dealkylation sites (tertiary alicyclic amines) is 1. The van der Waals surface area contributed by atoms with Crippen molar-refractivity contribution in [1.82, 2.24) is 15.1 Å². The topological polar surface area (TPSA) is 58.1 Å². The molecule has 2 aromatic carbocycles. The van der Waals surface area contributed by atoms with Crippen LogP contribution in [0, 0.1) is 5.92 Å². The second-order valence-corrected chi connectivity index (χ2v) is 8.33. The predicted octanol–water partition coefficient (Wildman–Crippen LogP) is 5.35. The van der Waals surface area contributed by atoms with E-state index in [-0.39, 0.29) is 6.03 Å². The Morgan fingerprint density at radius 1 is 1.07 bits per heavy atom. The fourth-order valence-electron chi connectivity index (χ4n) is 3.48. The number of carbonyl (C=O) groups is 1. The van der Waals surface area contributed by atoms with Crippen LogP contribution in [0.5, 0.6) is 0 Å². The van der Waals surface area contributed by atoms with Gasteiger partial charge < -0.3 is 4.90 Å². The van der Waals surface area contributed by atoms with Crippen molar-refractivity contribution in [2.24, 2.45) is 5.92 Å². The summed E-state index contributed by atoms with van der Waals surface area (Å²) in [7, 11) is 0. The van der Waals surface area contributed by atoms with Crippen LogP contribution in [0.2, 0.25) is 5.02 Å². The number of benzene rings is 2. The molecule has 0 saturated carbocycles. The maximum absolute atomic E-state index is 12.6. The van der Waals surface area contributed by atoms with Crippen LogP contribution >= 0.6 is 22.9 Å². The molecule has 7 heteroatoms. The summed E-state index contributed by atoms with van der Waals surface area (Å²) in [5.41, 5.74) is 2.19. The highest BCUT2D eigenvalue weighted by Crippen LogP contribution is 2.32. The molecule has 0 spiro atoms. The second-order valence-electron chi connectivity index (χ2n) is 6.94. The minimum absolute atomic E-state index is 0.111.